The highest BCUT2D eigenvalue weighted by Gasteiger charge is 2.21. The van der Waals surface area contributed by atoms with Gasteiger partial charge in [-0.25, -0.2) is 4.79 Å². The molecule has 0 aliphatic rings. The Balaban J connectivity index is 2.08. The van der Waals surface area contributed by atoms with Crippen LogP contribution in [0.1, 0.15) is 37.3 Å². The van der Waals surface area contributed by atoms with E-state index in [9.17, 15) is 9.90 Å². The summed E-state index contributed by atoms with van der Waals surface area (Å²) < 4.78 is 0. The maximum atomic E-state index is 12.7. The molecule has 0 saturated heterocycles. The van der Waals surface area contributed by atoms with Crippen molar-refractivity contribution in [3.63, 3.8) is 0 Å². The van der Waals surface area contributed by atoms with Gasteiger partial charge in [0.05, 0.1) is 0 Å². The molecule has 1 aromatic heterocycles. The molecule has 2 N–H and O–H groups in total. The molecule has 0 spiro atoms. The highest BCUT2D eigenvalue weighted by atomic mass is 32.1. The van der Waals surface area contributed by atoms with Crippen molar-refractivity contribution in [2.24, 2.45) is 0 Å². The molecular weight excluding hydrogens is 324 g/mol. The largest absolute Gasteiger partial charge is 0.396 e. The molecule has 0 aliphatic heterocycles. The summed E-state index contributed by atoms with van der Waals surface area (Å²) in [5.41, 5.74) is 1.04. The Labute approximate surface area is 146 Å². The quantitative estimate of drug-likeness (QED) is 0.767. The second-order valence-electron chi connectivity index (χ2n) is 5.66. The highest BCUT2D eigenvalue weighted by molar-refractivity contribution is 7.15. The molecule has 1 aromatic carbocycles. The van der Waals surface area contributed by atoms with E-state index in [0.29, 0.717) is 18.1 Å². The molecule has 0 fully saturated rings. The smallest absolute Gasteiger partial charge is 0.324 e. The number of benzene rings is 1. The summed E-state index contributed by atoms with van der Waals surface area (Å²) in [7, 11) is 0. The first-order valence-electron chi connectivity index (χ1n) is 8.18. The number of aryl methyl sites for hydroxylation is 1. The number of aromatic nitrogens is 2. The number of nitrogens with one attached hydrogen (secondary N) is 1. The molecule has 0 saturated carbocycles. The molecule has 2 amide bonds. The van der Waals surface area contributed by atoms with Gasteiger partial charge in [-0.1, -0.05) is 48.6 Å². The molecule has 24 heavy (non-hydrogen) atoms. The van der Waals surface area contributed by atoms with Gasteiger partial charge in [0.1, 0.15) is 5.01 Å². The minimum absolute atomic E-state index is 0.0409. The summed E-state index contributed by atoms with van der Waals surface area (Å²) in [4.78, 5) is 14.4. The normalized spacial score (nSPS) is 12.0. The van der Waals surface area contributed by atoms with Gasteiger partial charge in [-0.15, -0.1) is 10.2 Å². The van der Waals surface area contributed by atoms with E-state index in [4.69, 9.17) is 0 Å². The Hall–Kier alpha value is -1.99. The molecule has 1 heterocycles. The van der Waals surface area contributed by atoms with Crippen LogP contribution in [0.2, 0.25) is 0 Å². The summed E-state index contributed by atoms with van der Waals surface area (Å²) in [6, 6.07) is 9.50. The van der Waals surface area contributed by atoms with Gasteiger partial charge in [-0.3, -0.25) is 5.32 Å². The number of anilines is 1. The molecule has 0 radical (unpaired) electrons. The van der Waals surface area contributed by atoms with Crippen molar-refractivity contribution in [3.05, 3.63) is 40.9 Å². The first-order chi connectivity index (χ1) is 11.6. The first kappa shape index (κ1) is 18.4. The van der Waals surface area contributed by atoms with Crippen LogP contribution < -0.4 is 5.32 Å². The average molecular weight is 348 g/mol. The predicted octanol–water partition coefficient (Wildman–Crippen LogP) is 3.30. The Morgan fingerprint density at radius 3 is 2.75 bits per heavy atom. The number of hydrogen-bond acceptors (Lipinski definition) is 5. The monoisotopic (exact) mass is 348 g/mol. The Morgan fingerprint density at radius 2 is 2.08 bits per heavy atom. The molecule has 1 unspecified atom stereocenters. The number of rotatable bonds is 8. The molecule has 130 valence electrons. The van der Waals surface area contributed by atoms with Crippen molar-refractivity contribution in [2.75, 3.05) is 11.9 Å². The summed E-state index contributed by atoms with van der Waals surface area (Å²) in [6.07, 6.45) is 2.38. The van der Waals surface area contributed by atoms with Gasteiger partial charge < -0.3 is 10.0 Å². The Morgan fingerprint density at radius 1 is 1.33 bits per heavy atom. The van der Waals surface area contributed by atoms with E-state index in [1.54, 1.807) is 4.90 Å². The number of aliphatic hydroxyl groups excluding tert-OH is 1. The van der Waals surface area contributed by atoms with Crippen molar-refractivity contribution in [1.29, 1.82) is 0 Å². The third kappa shape index (κ3) is 5.28. The Kier molecular flexibility index (Phi) is 7.14. The van der Waals surface area contributed by atoms with E-state index in [0.717, 1.165) is 23.4 Å². The van der Waals surface area contributed by atoms with Crippen molar-refractivity contribution in [3.8, 4) is 0 Å². The molecule has 1 atom stereocenters. The van der Waals surface area contributed by atoms with Gasteiger partial charge in [0.25, 0.3) is 0 Å². The third-order valence-corrected chi connectivity index (χ3v) is 4.58. The summed E-state index contributed by atoms with van der Waals surface area (Å²) >= 11 is 1.40. The van der Waals surface area contributed by atoms with Crippen LogP contribution in [-0.4, -0.2) is 38.9 Å². The number of hydrogen-bond donors (Lipinski definition) is 2. The number of amides is 2. The number of aliphatic hydroxyl groups is 1. The van der Waals surface area contributed by atoms with Gasteiger partial charge >= 0.3 is 6.03 Å². The lowest BCUT2D eigenvalue weighted by Gasteiger charge is -2.28. The van der Waals surface area contributed by atoms with Crippen molar-refractivity contribution >= 4 is 22.5 Å². The fourth-order valence-electron chi connectivity index (χ4n) is 2.33. The fraction of sp³-hybridized carbons (Fsp3) is 0.471. The van der Waals surface area contributed by atoms with E-state index in [-0.39, 0.29) is 18.7 Å². The van der Waals surface area contributed by atoms with Crippen LogP contribution in [0, 0.1) is 0 Å². The number of carbonyl (C=O) groups excluding carboxylic acids is 1. The van der Waals surface area contributed by atoms with Crippen molar-refractivity contribution in [1.82, 2.24) is 15.1 Å². The van der Waals surface area contributed by atoms with E-state index >= 15 is 0 Å². The van der Waals surface area contributed by atoms with Gasteiger partial charge in [0, 0.05) is 25.6 Å². The zero-order valence-corrected chi connectivity index (χ0v) is 14.9. The van der Waals surface area contributed by atoms with Crippen LogP contribution in [0.25, 0.3) is 0 Å². The third-order valence-electron chi connectivity index (χ3n) is 3.68. The van der Waals surface area contributed by atoms with E-state index in [2.05, 4.69) is 22.4 Å². The molecule has 2 aromatic rings. The van der Waals surface area contributed by atoms with E-state index in [1.807, 2.05) is 37.3 Å². The lowest BCUT2D eigenvalue weighted by atomic mass is 10.1. The maximum absolute atomic E-state index is 12.7. The zero-order chi connectivity index (χ0) is 17.4. The molecule has 2 rings (SSSR count). The van der Waals surface area contributed by atoms with Crippen LogP contribution >= 0.6 is 11.3 Å². The summed E-state index contributed by atoms with van der Waals surface area (Å²) in [6.45, 7) is 4.53. The second-order valence-corrected chi connectivity index (χ2v) is 6.72. The minimum atomic E-state index is -0.223. The van der Waals surface area contributed by atoms with Crippen LogP contribution in [0.15, 0.2) is 30.3 Å². The lowest BCUT2D eigenvalue weighted by Crippen LogP contribution is -2.41. The van der Waals surface area contributed by atoms with Crippen LogP contribution in [0.4, 0.5) is 9.93 Å². The topological polar surface area (TPSA) is 78.4 Å². The Bertz CT molecular complexity index is 633. The van der Waals surface area contributed by atoms with Gasteiger partial charge in [-0.2, -0.15) is 0 Å². The summed E-state index contributed by atoms with van der Waals surface area (Å²) in [5, 5.41) is 21.6. The molecular formula is C17H24N4O2S. The SMILES string of the molecule is CCCc1nnc(NC(=O)N(Cc2ccccc2)C(C)CCO)s1. The van der Waals surface area contributed by atoms with Gasteiger partial charge in [0.2, 0.25) is 5.13 Å². The average Bonchev–Trinajstić information content (AvgIpc) is 3.01. The van der Waals surface area contributed by atoms with E-state index < -0.39 is 0 Å². The van der Waals surface area contributed by atoms with Gasteiger partial charge in [0.15, 0.2) is 0 Å². The number of urea groups is 1. The highest BCUT2D eigenvalue weighted by Crippen LogP contribution is 2.19. The molecule has 0 bridgehead atoms. The maximum Gasteiger partial charge on any atom is 0.324 e. The second kappa shape index (κ2) is 9.34. The first-order valence-corrected chi connectivity index (χ1v) is 9.00. The summed E-state index contributed by atoms with van der Waals surface area (Å²) in [5.74, 6) is 0. The molecule has 0 aliphatic carbocycles. The van der Waals surface area contributed by atoms with E-state index in [1.165, 1.54) is 11.3 Å². The molecule has 6 nitrogen and oxygen atoms in total. The lowest BCUT2D eigenvalue weighted by molar-refractivity contribution is 0.169. The fourth-order valence-corrected chi connectivity index (χ4v) is 3.16. The molecule has 7 heteroatoms. The van der Waals surface area contributed by atoms with Crippen LogP contribution in [0.5, 0.6) is 0 Å². The number of nitrogens with zero attached hydrogens (tertiary/aromatic N) is 3. The van der Waals surface area contributed by atoms with Crippen LogP contribution in [-0.2, 0) is 13.0 Å². The van der Waals surface area contributed by atoms with Crippen molar-refractivity contribution in [2.45, 2.75) is 45.7 Å². The van der Waals surface area contributed by atoms with Gasteiger partial charge in [-0.05, 0) is 25.3 Å². The van der Waals surface area contributed by atoms with Crippen LogP contribution in [0.3, 0.4) is 0 Å². The zero-order valence-electron chi connectivity index (χ0n) is 14.1. The van der Waals surface area contributed by atoms with Crippen molar-refractivity contribution < 1.29 is 9.90 Å². The number of carbonyl (C=O) groups is 1. The minimum Gasteiger partial charge on any atom is -0.396 e. The predicted molar refractivity (Wildman–Crippen MR) is 96.1 cm³/mol. The standard InChI is InChI=1S/C17H24N4O2S/c1-3-7-15-19-20-16(24-15)18-17(23)21(13(2)10-11-22)12-14-8-5-4-6-9-14/h4-6,8-9,13,22H,3,7,10-12H2,1-2H3,(H,18,20,23).